The van der Waals surface area contributed by atoms with Gasteiger partial charge in [-0.3, -0.25) is 5.43 Å². The fourth-order valence-electron chi connectivity index (χ4n) is 3.11. The lowest BCUT2D eigenvalue weighted by Gasteiger charge is -2.07. The van der Waals surface area contributed by atoms with Gasteiger partial charge in [0.15, 0.2) is 22.3 Å². The van der Waals surface area contributed by atoms with E-state index in [2.05, 4.69) is 10.5 Å². The lowest BCUT2D eigenvalue weighted by molar-refractivity contribution is 0.340. The number of para-hydroxylation sites is 1. The van der Waals surface area contributed by atoms with E-state index < -0.39 is 0 Å². The minimum Gasteiger partial charge on any atom is -0.494 e. The zero-order chi connectivity index (χ0) is 23.0. The third-order valence-electron chi connectivity index (χ3n) is 4.68. The Hall–Kier alpha value is -3.91. The molecule has 0 atom stereocenters. The number of thiazole rings is 1. The van der Waals surface area contributed by atoms with Crippen LogP contribution in [0.5, 0.6) is 17.2 Å². The van der Waals surface area contributed by atoms with Crippen LogP contribution in [-0.2, 0) is 0 Å². The summed E-state index contributed by atoms with van der Waals surface area (Å²) in [5.41, 5.74) is 5.60. The average molecular weight is 461 g/mol. The summed E-state index contributed by atoms with van der Waals surface area (Å²) >= 11 is 1.55. The Morgan fingerprint density at radius 3 is 2.52 bits per heavy atom. The molecule has 0 unspecified atom stereocenters. The van der Waals surface area contributed by atoms with Crippen LogP contribution in [0.4, 0.5) is 5.69 Å². The first-order valence-corrected chi connectivity index (χ1v) is 11.2. The first kappa shape index (κ1) is 22.3. The molecule has 1 aromatic heterocycles. The van der Waals surface area contributed by atoms with E-state index in [1.807, 2.05) is 73.7 Å². The minimum atomic E-state index is 0.553. The van der Waals surface area contributed by atoms with Crippen molar-refractivity contribution in [2.45, 2.75) is 6.92 Å². The Morgan fingerprint density at radius 1 is 1.00 bits per heavy atom. The number of amidine groups is 1. The third-order valence-corrected chi connectivity index (χ3v) is 5.72. The summed E-state index contributed by atoms with van der Waals surface area (Å²) in [4.78, 5) is 9.48. The summed E-state index contributed by atoms with van der Waals surface area (Å²) in [6.45, 7) is 2.57. The molecule has 1 heterocycles. The van der Waals surface area contributed by atoms with Crippen LogP contribution >= 0.6 is 11.3 Å². The standard InChI is InChI=1S/C25H24N4O3S/c1-4-32-19-12-10-18(11-13-19)27-24(25-28-20-7-5-6-8-23(20)33-25)29-26-16-17-9-14-21(30-2)22(15-17)31-3/h5-16H,4H2,1-3H3,(H,27,29)/b26-16+. The van der Waals surface area contributed by atoms with E-state index in [4.69, 9.17) is 24.2 Å². The lowest BCUT2D eigenvalue weighted by Crippen LogP contribution is -2.18. The molecule has 0 fully saturated rings. The number of aliphatic imine (C=N–C) groups is 1. The van der Waals surface area contributed by atoms with E-state index in [-0.39, 0.29) is 0 Å². The van der Waals surface area contributed by atoms with Crippen molar-refractivity contribution in [1.29, 1.82) is 0 Å². The van der Waals surface area contributed by atoms with Gasteiger partial charge in [-0.15, -0.1) is 11.3 Å². The van der Waals surface area contributed by atoms with Gasteiger partial charge in [0.25, 0.3) is 0 Å². The lowest BCUT2D eigenvalue weighted by atomic mass is 10.2. The van der Waals surface area contributed by atoms with Crippen LogP contribution in [0.1, 0.15) is 17.5 Å². The monoisotopic (exact) mass is 460 g/mol. The van der Waals surface area contributed by atoms with E-state index in [9.17, 15) is 0 Å². The highest BCUT2D eigenvalue weighted by molar-refractivity contribution is 7.20. The van der Waals surface area contributed by atoms with Gasteiger partial charge in [-0.1, -0.05) is 12.1 Å². The number of aromatic nitrogens is 1. The van der Waals surface area contributed by atoms with Crippen molar-refractivity contribution in [3.8, 4) is 17.2 Å². The number of hydrazone groups is 1. The summed E-state index contributed by atoms with van der Waals surface area (Å²) in [5.74, 6) is 2.65. The molecule has 8 heteroatoms. The van der Waals surface area contributed by atoms with Crippen molar-refractivity contribution in [3.05, 3.63) is 77.3 Å². The summed E-state index contributed by atoms with van der Waals surface area (Å²) in [7, 11) is 3.21. The average Bonchev–Trinajstić information content (AvgIpc) is 3.29. The molecule has 0 aliphatic carbocycles. The number of methoxy groups -OCH3 is 2. The van der Waals surface area contributed by atoms with Crippen LogP contribution in [-0.4, -0.2) is 37.9 Å². The number of fused-ring (bicyclic) bond motifs is 1. The molecule has 0 aliphatic heterocycles. The molecule has 1 N–H and O–H groups in total. The molecule has 4 rings (SSSR count). The van der Waals surface area contributed by atoms with Crippen molar-refractivity contribution >= 4 is 39.3 Å². The third kappa shape index (κ3) is 5.48. The van der Waals surface area contributed by atoms with E-state index in [1.165, 1.54) is 0 Å². The van der Waals surface area contributed by atoms with Gasteiger partial charge in [-0.05, 0) is 67.1 Å². The fourth-order valence-corrected chi connectivity index (χ4v) is 4.01. The molecule has 33 heavy (non-hydrogen) atoms. The van der Waals surface area contributed by atoms with Crippen LogP contribution in [0.15, 0.2) is 76.8 Å². The van der Waals surface area contributed by atoms with Gasteiger partial charge in [-0.2, -0.15) is 5.10 Å². The maximum atomic E-state index is 5.52. The van der Waals surface area contributed by atoms with Gasteiger partial charge >= 0.3 is 0 Å². The van der Waals surface area contributed by atoms with Gasteiger partial charge in [0.05, 0.1) is 42.9 Å². The molecule has 0 aliphatic rings. The highest BCUT2D eigenvalue weighted by Crippen LogP contribution is 2.27. The zero-order valence-corrected chi connectivity index (χ0v) is 19.4. The van der Waals surface area contributed by atoms with Crippen molar-refractivity contribution in [2.75, 3.05) is 20.8 Å². The SMILES string of the molecule is CCOc1ccc(N=C(N/N=C/c2ccc(OC)c(OC)c2)c2nc3ccccc3s2)cc1. The summed E-state index contributed by atoms with van der Waals surface area (Å²) in [6, 6.07) is 21.2. The topological polar surface area (TPSA) is 77.3 Å². The van der Waals surface area contributed by atoms with Crippen LogP contribution < -0.4 is 19.6 Å². The van der Waals surface area contributed by atoms with Crippen molar-refractivity contribution in [1.82, 2.24) is 10.4 Å². The normalized spacial score (nSPS) is 11.7. The highest BCUT2D eigenvalue weighted by atomic mass is 32.1. The summed E-state index contributed by atoms with van der Waals surface area (Å²) in [6.07, 6.45) is 1.70. The summed E-state index contributed by atoms with van der Waals surface area (Å²) in [5, 5.41) is 5.15. The zero-order valence-electron chi connectivity index (χ0n) is 18.6. The number of ether oxygens (including phenoxy) is 3. The van der Waals surface area contributed by atoms with Crippen LogP contribution in [0.25, 0.3) is 10.2 Å². The van der Waals surface area contributed by atoms with Gasteiger partial charge in [0.1, 0.15) is 5.75 Å². The minimum absolute atomic E-state index is 0.553. The molecule has 0 saturated heterocycles. The number of benzene rings is 3. The van der Waals surface area contributed by atoms with E-state index in [0.717, 1.165) is 32.2 Å². The number of nitrogens with one attached hydrogen (secondary N) is 1. The van der Waals surface area contributed by atoms with Crippen molar-refractivity contribution in [3.63, 3.8) is 0 Å². The van der Waals surface area contributed by atoms with Crippen LogP contribution in [0.3, 0.4) is 0 Å². The highest BCUT2D eigenvalue weighted by Gasteiger charge is 2.11. The first-order chi connectivity index (χ1) is 16.2. The van der Waals surface area contributed by atoms with Gasteiger partial charge in [0.2, 0.25) is 0 Å². The van der Waals surface area contributed by atoms with Crippen LogP contribution in [0, 0.1) is 0 Å². The second-order valence-electron chi connectivity index (χ2n) is 6.86. The Labute approximate surface area is 196 Å². The molecule has 3 aromatic carbocycles. The van der Waals surface area contributed by atoms with Crippen LogP contribution in [0.2, 0.25) is 0 Å². The second kappa shape index (κ2) is 10.6. The maximum Gasteiger partial charge on any atom is 0.183 e. The van der Waals surface area contributed by atoms with E-state index in [0.29, 0.717) is 23.9 Å². The van der Waals surface area contributed by atoms with Gasteiger partial charge in [0, 0.05) is 0 Å². The first-order valence-electron chi connectivity index (χ1n) is 10.4. The largest absolute Gasteiger partial charge is 0.494 e. The fraction of sp³-hybridized carbons (Fsp3) is 0.160. The molecule has 7 nitrogen and oxygen atoms in total. The predicted octanol–water partition coefficient (Wildman–Crippen LogP) is 5.41. The maximum absolute atomic E-state index is 5.52. The Kier molecular flexibility index (Phi) is 7.16. The molecule has 0 spiro atoms. The Morgan fingerprint density at radius 2 is 1.79 bits per heavy atom. The summed E-state index contributed by atoms with van der Waals surface area (Å²) < 4.78 is 17.3. The van der Waals surface area contributed by atoms with Crippen molar-refractivity contribution in [2.24, 2.45) is 10.1 Å². The molecule has 0 saturated carbocycles. The van der Waals surface area contributed by atoms with E-state index >= 15 is 0 Å². The number of hydrogen-bond acceptors (Lipinski definition) is 7. The predicted molar refractivity (Wildman–Crippen MR) is 134 cm³/mol. The second-order valence-corrected chi connectivity index (χ2v) is 7.89. The van der Waals surface area contributed by atoms with Gasteiger partial charge in [-0.25, -0.2) is 9.98 Å². The molecule has 0 radical (unpaired) electrons. The number of nitrogens with zero attached hydrogens (tertiary/aromatic N) is 3. The van der Waals surface area contributed by atoms with E-state index in [1.54, 1.807) is 31.8 Å². The molecule has 0 bridgehead atoms. The molecular formula is C25H24N4O3S. The molecule has 4 aromatic rings. The van der Waals surface area contributed by atoms with Gasteiger partial charge < -0.3 is 14.2 Å². The number of hydrogen-bond donors (Lipinski definition) is 1. The Bertz CT molecular complexity index is 1250. The number of rotatable bonds is 8. The van der Waals surface area contributed by atoms with Crippen molar-refractivity contribution < 1.29 is 14.2 Å². The molecular weight excluding hydrogens is 436 g/mol. The smallest absolute Gasteiger partial charge is 0.183 e. The Balaban J connectivity index is 1.63. The molecule has 168 valence electrons. The quantitative estimate of drug-likeness (QED) is 0.216. The molecule has 0 amide bonds.